The molecule has 3 nitrogen and oxygen atoms in total. The van der Waals surface area contributed by atoms with Crippen LogP contribution >= 0.6 is 0 Å². The molecule has 1 N–H and O–H groups in total. The summed E-state index contributed by atoms with van der Waals surface area (Å²) in [5.74, 6) is 0. The van der Waals surface area contributed by atoms with Gasteiger partial charge in [0.2, 0.25) is 0 Å². The lowest BCUT2D eigenvalue weighted by Gasteiger charge is -2.48. The first-order chi connectivity index (χ1) is 8.31. The Morgan fingerprint density at radius 2 is 2.06 bits per heavy atom. The Balaban J connectivity index is 1.54. The average molecular weight is 237 g/mol. The van der Waals surface area contributed by atoms with E-state index in [9.17, 15) is 0 Å². The van der Waals surface area contributed by atoms with Crippen molar-refractivity contribution < 1.29 is 0 Å². The Bertz CT molecular complexity index is 262. The molecule has 1 saturated carbocycles. The molecular weight excluding hydrogens is 210 g/mol. The Morgan fingerprint density at radius 3 is 2.76 bits per heavy atom. The molecular formula is C14H27N3. The first kappa shape index (κ1) is 11.9. The minimum atomic E-state index is 0.621. The molecule has 2 aliphatic heterocycles. The summed E-state index contributed by atoms with van der Waals surface area (Å²) in [7, 11) is 2.11. The summed E-state index contributed by atoms with van der Waals surface area (Å²) < 4.78 is 0. The second-order valence-corrected chi connectivity index (χ2v) is 6.45. The van der Waals surface area contributed by atoms with Crippen molar-refractivity contribution in [3.05, 3.63) is 0 Å². The first-order valence-corrected chi connectivity index (χ1v) is 7.42. The van der Waals surface area contributed by atoms with Crippen LogP contribution in [0.25, 0.3) is 0 Å². The van der Waals surface area contributed by atoms with Crippen LogP contribution < -0.4 is 5.32 Å². The van der Waals surface area contributed by atoms with Crippen LogP contribution in [0.4, 0.5) is 0 Å². The largest absolute Gasteiger partial charge is 0.319 e. The number of nitrogens with one attached hydrogen (secondary N) is 1. The third kappa shape index (κ3) is 2.38. The van der Waals surface area contributed by atoms with Crippen LogP contribution in [0.2, 0.25) is 0 Å². The minimum Gasteiger partial charge on any atom is -0.319 e. The average Bonchev–Trinajstić information content (AvgIpc) is 2.73. The first-order valence-electron chi connectivity index (χ1n) is 7.42. The second-order valence-electron chi connectivity index (χ2n) is 6.45. The van der Waals surface area contributed by atoms with Crippen molar-refractivity contribution in [2.24, 2.45) is 5.41 Å². The van der Waals surface area contributed by atoms with E-state index >= 15 is 0 Å². The molecule has 1 aliphatic carbocycles. The summed E-state index contributed by atoms with van der Waals surface area (Å²) in [6.45, 7) is 7.89. The molecule has 2 saturated heterocycles. The Kier molecular flexibility index (Phi) is 3.42. The van der Waals surface area contributed by atoms with Gasteiger partial charge in [-0.05, 0) is 44.7 Å². The summed E-state index contributed by atoms with van der Waals surface area (Å²) in [6, 6.07) is 0.885. The lowest BCUT2D eigenvalue weighted by atomic mass is 9.68. The van der Waals surface area contributed by atoms with E-state index < -0.39 is 0 Å². The highest BCUT2D eigenvalue weighted by molar-refractivity contribution is 4.95. The molecule has 3 fully saturated rings. The third-order valence-electron chi connectivity index (χ3n) is 5.20. The molecule has 17 heavy (non-hydrogen) atoms. The second kappa shape index (κ2) is 4.87. The van der Waals surface area contributed by atoms with E-state index in [1.165, 1.54) is 71.4 Å². The van der Waals surface area contributed by atoms with E-state index in [4.69, 9.17) is 0 Å². The number of nitrogens with zero attached hydrogens (tertiary/aromatic N) is 2. The molecule has 0 amide bonds. The van der Waals surface area contributed by atoms with E-state index in [1.807, 2.05) is 0 Å². The highest BCUT2D eigenvalue weighted by Crippen LogP contribution is 2.41. The monoisotopic (exact) mass is 237 g/mol. The lowest BCUT2D eigenvalue weighted by molar-refractivity contribution is 0.0269. The van der Waals surface area contributed by atoms with Gasteiger partial charge in [0, 0.05) is 38.8 Å². The minimum absolute atomic E-state index is 0.621. The van der Waals surface area contributed by atoms with Crippen molar-refractivity contribution in [3.63, 3.8) is 0 Å². The Labute approximate surface area is 106 Å². The van der Waals surface area contributed by atoms with E-state index in [0.29, 0.717) is 5.41 Å². The van der Waals surface area contributed by atoms with Crippen LogP contribution in [0.1, 0.15) is 32.1 Å². The Hall–Kier alpha value is -0.120. The number of hydrogen-bond donors (Lipinski definition) is 1. The third-order valence-corrected chi connectivity index (χ3v) is 5.20. The zero-order valence-corrected chi connectivity index (χ0v) is 11.2. The fraction of sp³-hybridized carbons (Fsp3) is 1.00. The number of fused-ring (bicyclic) bond motifs is 1. The molecule has 0 aromatic heterocycles. The molecule has 1 unspecified atom stereocenters. The maximum absolute atomic E-state index is 3.41. The van der Waals surface area contributed by atoms with Gasteiger partial charge in [0.15, 0.2) is 0 Å². The van der Waals surface area contributed by atoms with E-state index in [0.717, 1.165) is 6.04 Å². The summed E-state index contributed by atoms with van der Waals surface area (Å²) in [4.78, 5) is 5.46. The maximum atomic E-state index is 3.41. The summed E-state index contributed by atoms with van der Waals surface area (Å²) in [6.07, 6.45) is 7.21. The lowest BCUT2D eigenvalue weighted by Crippen LogP contribution is -2.55. The topological polar surface area (TPSA) is 18.5 Å². The summed E-state index contributed by atoms with van der Waals surface area (Å²) in [5.41, 5.74) is 0.621. The molecule has 1 atom stereocenters. The predicted molar refractivity (Wildman–Crippen MR) is 71.2 cm³/mol. The molecule has 0 aromatic rings. The SMILES string of the molecule is CNCC1(CN2CCN3CCCC3C2)CCC1. The Morgan fingerprint density at radius 1 is 1.18 bits per heavy atom. The van der Waals surface area contributed by atoms with Crippen LogP contribution in [-0.4, -0.2) is 62.2 Å². The van der Waals surface area contributed by atoms with Gasteiger partial charge in [0.1, 0.15) is 0 Å². The van der Waals surface area contributed by atoms with Gasteiger partial charge in [-0.3, -0.25) is 9.80 Å². The van der Waals surface area contributed by atoms with E-state index in [1.54, 1.807) is 0 Å². The fourth-order valence-corrected chi connectivity index (χ4v) is 4.12. The van der Waals surface area contributed by atoms with Crippen molar-refractivity contribution in [1.29, 1.82) is 0 Å². The quantitative estimate of drug-likeness (QED) is 0.791. The van der Waals surface area contributed by atoms with E-state index in [-0.39, 0.29) is 0 Å². The van der Waals surface area contributed by atoms with Gasteiger partial charge >= 0.3 is 0 Å². The van der Waals surface area contributed by atoms with Crippen molar-refractivity contribution in [3.8, 4) is 0 Å². The summed E-state index contributed by atoms with van der Waals surface area (Å²) >= 11 is 0. The maximum Gasteiger partial charge on any atom is 0.0224 e. The zero-order chi connectivity index (χ0) is 11.7. The fourth-order valence-electron chi connectivity index (χ4n) is 4.12. The molecule has 0 aromatic carbocycles. The van der Waals surface area contributed by atoms with Gasteiger partial charge in [0.05, 0.1) is 0 Å². The molecule has 3 aliphatic rings. The van der Waals surface area contributed by atoms with Gasteiger partial charge in [0.25, 0.3) is 0 Å². The van der Waals surface area contributed by atoms with Crippen LogP contribution in [0, 0.1) is 5.41 Å². The molecule has 3 heteroatoms. The zero-order valence-electron chi connectivity index (χ0n) is 11.2. The molecule has 2 heterocycles. The highest BCUT2D eigenvalue weighted by Gasteiger charge is 2.40. The molecule has 3 rings (SSSR count). The number of rotatable bonds is 4. The summed E-state index contributed by atoms with van der Waals surface area (Å²) in [5, 5.41) is 3.41. The predicted octanol–water partition coefficient (Wildman–Crippen LogP) is 1.16. The highest BCUT2D eigenvalue weighted by atomic mass is 15.3. The number of piperazine rings is 1. The molecule has 98 valence electrons. The standard InChI is InChI=1S/C14H27N3/c1-15-11-14(5-3-6-14)12-16-8-9-17-7-2-4-13(17)10-16/h13,15H,2-12H2,1H3. The van der Waals surface area contributed by atoms with Crippen LogP contribution in [0.3, 0.4) is 0 Å². The van der Waals surface area contributed by atoms with Gasteiger partial charge in [-0.25, -0.2) is 0 Å². The number of hydrogen-bond acceptors (Lipinski definition) is 3. The smallest absolute Gasteiger partial charge is 0.0224 e. The van der Waals surface area contributed by atoms with Gasteiger partial charge in [-0.2, -0.15) is 0 Å². The van der Waals surface area contributed by atoms with Gasteiger partial charge in [-0.15, -0.1) is 0 Å². The van der Waals surface area contributed by atoms with Crippen molar-refractivity contribution in [2.75, 3.05) is 46.3 Å². The normalized spacial score (nSPS) is 33.4. The van der Waals surface area contributed by atoms with Gasteiger partial charge in [-0.1, -0.05) is 6.42 Å². The van der Waals surface area contributed by atoms with Crippen LogP contribution in [0.15, 0.2) is 0 Å². The van der Waals surface area contributed by atoms with E-state index in [2.05, 4.69) is 22.2 Å². The van der Waals surface area contributed by atoms with Crippen LogP contribution in [0.5, 0.6) is 0 Å². The molecule has 0 bridgehead atoms. The van der Waals surface area contributed by atoms with Crippen molar-refractivity contribution >= 4 is 0 Å². The van der Waals surface area contributed by atoms with Crippen LogP contribution in [-0.2, 0) is 0 Å². The molecule has 0 spiro atoms. The van der Waals surface area contributed by atoms with Gasteiger partial charge < -0.3 is 5.32 Å². The van der Waals surface area contributed by atoms with Crippen molar-refractivity contribution in [1.82, 2.24) is 15.1 Å². The molecule has 0 radical (unpaired) electrons. The van der Waals surface area contributed by atoms with Crippen molar-refractivity contribution in [2.45, 2.75) is 38.1 Å².